The number of benzene rings is 2. The zero-order valence-electron chi connectivity index (χ0n) is 17.0. The smallest absolute Gasteiger partial charge is 0.258 e. The molecule has 1 atom stereocenters. The van der Waals surface area contributed by atoms with E-state index in [1.807, 2.05) is 60.7 Å². The minimum atomic E-state index is -0.723. The number of halogens is 2. The molecule has 0 radical (unpaired) electrons. The fourth-order valence-electron chi connectivity index (χ4n) is 3.30. The first-order chi connectivity index (χ1) is 15.1. The molecule has 0 saturated heterocycles. The lowest BCUT2D eigenvalue weighted by molar-refractivity contribution is 0.379. The Morgan fingerprint density at radius 3 is 2.19 bits per heavy atom. The number of hydrogen-bond acceptors (Lipinski definition) is 4. The molecule has 0 bridgehead atoms. The van der Waals surface area contributed by atoms with Crippen molar-refractivity contribution in [2.75, 3.05) is 7.11 Å². The van der Waals surface area contributed by atoms with Gasteiger partial charge in [-0.25, -0.2) is 14.4 Å². The number of pyridine rings is 1. The van der Waals surface area contributed by atoms with Crippen molar-refractivity contribution in [3.8, 4) is 5.88 Å². The highest BCUT2D eigenvalue weighted by Gasteiger charge is 2.20. The van der Waals surface area contributed by atoms with Crippen LogP contribution in [0.1, 0.15) is 29.7 Å². The normalized spacial score (nSPS) is 11.7. The van der Waals surface area contributed by atoms with Crippen LogP contribution in [0.25, 0.3) is 0 Å². The van der Waals surface area contributed by atoms with E-state index in [-0.39, 0.29) is 11.6 Å². The summed E-state index contributed by atoms with van der Waals surface area (Å²) in [6.45, 7) is 1.76. The monoisotopic (exact) mass is 418 g/mol. The minimum Gasteiger partial charge on any atom is -0.481 e. The minimum absolute atomic E-state index is 0.0814. The Bertz CT molecular complexity index is 1170. The Morgan fingerprint density at radius 2 is 1.61 bits per heavy atom. The van der Waals surface area contributed by atoms with Crippen molar-refractivity contribution in [2.24, 2.45) is 4.99 Å². The average Bonchev–Trinajstić information content (AvgIpc) is 3.18. The fraction of sp³-hybridized carbons (Fsp3) is 0.125. The van der Waals surface area contributed by atoms with Crippen LogP contribution in [0.5, 0.6) is 5.88 Å². The van der Waals surface area contributed by atoms with Crippen LogP contribution in [0.4, 0.5) is 14.5 Å². The highest BCUT2D eigenvalue weighted by atomic mass is 19.1. The van der Waals surface area contributed by atoms with Crippen LogP contribution in [0.2, 0.25) is 0 Å². The van der Waals surface area contributed by atoms with Crippen molar-refractivity contribution < 1.29 is 13.5 Å². The number of hydrogen-bond donors (Lipinski definition) is 0. The molecule has 4 rings (SSSR count). The van der Waals surface area contributed by atoms with Gasteiger partial charge in [0.25, 0.3) is 5.95 Å². The highest BCUT2D eigenvalue weighted by Crippen LogP contribution is 2.29. The van der Waals surface area contributed by atoms with E-state index in [1.54, 1.807) is 6.92 Å². The Balaban J connectivity index is 1.77. The standard InChI is InChI=1S/C24H20F2N4O/c1-16(20-13-19(25)14-27-24(20)31-2)30-15-21(23(26)29-30)28-22(17-9-5-3-6-10-17)18-11-7-4-8-12-18/h3-16H,1-2H3. The lowest BCUT2D eigenvalue weighted by atomic mass is 10.0. The van der Waals surface area contributed by atoms with E-state index in [1.165, 1.54) is 24.1 Å². The number of nitrogens with zero attached hydrogens (tertiary/aromatic N) is 4. The van der Waals surface area contributed by atoms with Gasteiger partial charge in [-0.1, -0.05) is 60.7 Å². The van der Waals surface area contributed by atoms with Crippen LogP contribution in [0, 0.1) is 11.8 Å². The SMILES string of the molecule is COc1ncc(F)cc1C(C)n1cc(N=C(c2ccccc2)c2ccccc2)c(F)n1. The van der Waals surface area contributed by atoms with Crippen molar-refractivity contribution in [1.82, 2.24) is 14.8 Å². The molecule has 0 spiro atoms. The first kappa shape index (κ1) is 20.4. The Kier molecular flexibility index (Phi) is 5.84. The zero-order chi connectivity index (χ0) is 21.8. The molecular formula is C24H20F2N4O. The first-order valence-corrected chi connectivity index (χ1v) is 9.70. The van der Waals surface area contributed by atoms with E-state index in [9.17, 15) is 8.78 Å². The quantitative estimate of drug-likeness (QED) is 0.397. The summed E-state index contributed by atoms with van der Waals surface area (Å²) >= 11 is 0. The van der Waals surface area contributed by atoms with Gasteiger partial charge in [0.05, 0.1) is 31.3 Å². The summed E-state index contributed by atoms with van der Waals surface area (Å²) in [7, 11) is 1.45. The molecule has 31 heavy (non-hydrogen) atoms. The fourth-order valence-corrected chi connectivity index (χ4v) is 3.30. The van der Waals surface area contributed by atoms with Crippen LogP contribution in [0.15, 0.2) is 84.1 Å². The van der Waals surface area contributed by atoms with Crippen molar-refractivity contribution in [3.63, 3.8) is 0 Å². The Morgan fingerprint density at radius 1 is 1.00 bits per heavy atom. The topological polar surface area (TPSA) is 52.3 Å². The number of aromatic nitrogens is 3. The molecule has 2 heterocycles. The Labute approximate surface area is 178 Å². The second kappa shape index (κ2) is 8.87. The van der Waals surface area contributed by atoms with Crippen molar-refractivity contribution in [1.29, 1.82) is 0 Å². The molecule has 4 aromatic rings. The molecule has 0 aliphatic rings. The highest BCUT2D eigenvalue weighted by molar-refractivity contribution is 6.13. The number of aliphatic imine (C=N–C) groups is 1. The van der Waals surface area contributed by atoms with Gasteiger partial charge in [-0.05, 0) is 13.0 Å². The maximum atomic E-state index is 14.8. The molecule has 0 aliphatic carbocycles. The van der Waals surface area contributed by atoms with E-state index in [2.05, 4.69) is 15.1 Å². The lowest BCUT2D eigenvalue weighted by Gasteiger charge is -2.15. The summed E-state index contributed by atoms with van der Waals surface area (Å²) in [5, 5.41) is 3.97. The third-order valence-electron chi connectivity index (χ3n) is 4.88. The molecule has 2 aromatic carbocycles. The predicted octanol–water partition coefficient (Wildman–Crippen LogP) is 5.34. The molecule has 0 amide bonds. The van der Waals surface area contributed by atoms with Crippen LogP contribution in [0.3, 0.4) is 0 Å². The van der Waals surface area contributed by atoms with E-state index in [0.29, 0.717) is 11.3 Å². The molecule has 0 aliphatic heterocycles. The van der Waals surface area contributed by atoms with Gasteiger partial charge in [0.2, 0.25) is 5.88 Å². The molecule has 7 heteroatoms. The van der Waals surface area contributed by atoms with Gasteiger partial charge in [0, 0.05) is 16.7 Å². The van der Waals surface area contributed by atoms with Gasteiger partial charge >= 0.3 is 0 Å². The van der Waals surface area contributed by atoms with E-state index >= 15 is 0 Å². The molecular weight excluding hydrogens is 398 g/mol. The maximum absolute atomic E-state index is 14.8. The summed E-state index contributed by atoms with van der Waals surface area (Å²) in [6, 6.07) is 19.9. The Hall–Kier alpha value is -3.87. The summed E-state index contributed by atoms with van der Waals surface area (Å²) in [5.41, 5.74) is 2.86. The molecule has 2 aromatic heterocycles. The summed E-state index contributed by atoms with van der Waals surface area (Å²) in [6.07, 6.45) is 2.57. The van der Waals surface area contributed by atoms with Crippen LogP contribution in [-0.4, -0.2) is 27.6 Å². The van der Waals surface area contributed by atoms with E-state index in [0.717, 1.165) is 17.3 Å². The summed E-state index contributed by atoms with van der Waals surface area (Å²) < 4.78 is 35.1. The second-order valence-electron chi connectivity index (χ2n) is 6.91. The van der Waals surface area contributed by atoms with Gasteiger partial charge in [0.1, 0.15) is 11.5 Å². The first-order valence-electron chi connectivity index (χ1n) is 9.70. The van der Waals surface area contributed by atoms with Crippen LogP contribution < -0.4 is 4.74 Å². The second-order valence-corrected chi connectivity index (χ2v) is 6.91. The third kappa shape index (κ3) is 4.35. The van der Waals surface area contributed by atoms with Gasteiger partial charge in [0.15, 0.2) is 0 Å². The maximum Gasteiger partial charge on any atom is 0.258 e. The number of ether oxygens (including phenoxy) is 1. The summed E-state index contributed by atoms with van der Waals surface area (Å²) in [5.74, 6) is -0.979. The zero-order valence-corrected chi connectivity index (χ0v) is 17.0. The van der Waals surface area contributed by atoms with Gasteiger partial charge in [-0.2, -0.15) is 4.39 Å². The summed E-state index contributed by atoms with van der Waals surface area (Å²) in [4.78, 5) is 8.53. The molecule has 1 unspecified atom stereocenters. The van der Waals surface area contributed by atoms with Crippen molar-refractivity contribution in [2.45, 2.75) is 13.0 Å². The van der Waals surface area contributed by atoms with Crippen molar-refractivity contribution in [3.05, 3.63) is 108 Å². The average molecular weight is 418 g/mol. The van der Waals surface area contributed by atoms with Crippen LogP contribution >= 0.6 is 0 Å². The lowest BCUT2D eigenvalue weighted by Crippen LogP contribution is -2.10. The number of methoxy groups -OCH3 is 1. The van der Waals surface area contributed by atoms with Gasteiger partial charge in [-0.3, -0.25) is 4.68 Å². The molecule has 156 valence electrons. The largest absolute Gasteiger partial charge is 0.481 e. The molecule has 5 nitrogen and oxygen atoms in total. The van der Waals surface area contributed by atoms with E-state index < -0.39 is 17.8 Å². The molecule has 0 fully saturated rings. The third-order valence-corrected chi connectivity index (χ3v) is 4.88. The van der Waals surface area contributed by atoms with Gasteiger partial charge < -0.3 is 4.74 Å². The number of rotatable bonds is 6. The van der Waals surface area contributed by atoms with Crippen molar-refractivity contribution >= 4 is 11.4 Å². The molecule has 0 N–H and O–H groups in total. The predicted molar refractivity (Wildman–Crippen MR) is 115 cm³/mol. The van der Waals surface area contributed by atoms with Crippen LogP contribution in [-0.2, 0) is 0 Å². The van der Waals surface area contributed by atoms with E-state index in [4.69, 9.17) is 4.74 Å². The van der Waals surface area contributed by atoms with Gasteiger partial charge in [-0.15, -0.1) is 5.10 Å². The molecule has 0 saturated carbocycles.